The molecule has 4 rings (SSSR count). The van der Waals surface area contributed by atoms with Crippen molar-refractivity contribution < 1.29 is 4.39 Å². The first kappa shape index (κ1) is 19.8. The van der Waals surface area contributed by atoms with E-state index in [1.54, 1.807) is 12.1 Å². The zero-order valence-electron chi connectivity index (χ0n) is 15.4. The quantitative estimate of drug-likeness (QED) is 0.434. The molecule has 30 heavy (non-hydrogen) atoms. The summed E-state index contributed by atoms with van der Waals surface area (Å²) >= 11 is 12.2. The van der Waals surface area contributed by atoms with Gasteiger partial charge in [-0.3, -0.25) is 0 Å². The number of anilines is 2. The normalized spacial score (nSPS) is 12.0. The largest absolute Gasteiger partial charge is 0.392 e. The Morgan fingerprint density at radius 1 is 1.20 bits per heavy atom. The van der Waals surface area contributed by atoms with Crippen LogP contribution in [0.25, 0.3) is 21.7 Å². The summed E-state index contributed by atoms with van der Waals surface area (Å²) in [4.78, 5) is 15.6. The van der Waals surface area contributed by atoms with Gasteiger partial charge >= 0.3 is 0 Å². The van der Waals surface area contributed by atoms with Crippen molar-refractivity contribution in [1.29, 1.82) is 0 Å². The summed E-state index contributed by atoms with van der Waals surface area (Å²) in [6, 6.07) is 5.50. The van der Waals surface area contributed by atoms with Crippen molar-refractivity contribution in [2.75, 3.05) is 11.1 Å². The number of aromatic nitrogens is 5. The van der Waals surface area contributed by atoms with Crippen LogP contribution in [-0.2, 0) is 0 Å². The van der Waals surface area contributed by atoms with Crippen molar-refractivity contribution in [3.05, 3.63) is 69.8 Å². The smallest absolute Gasteiger partial charge is 0.268 e. The molecule has 0 aliphatic carbocycles. The number of nitrogens with two attached hydrogens (primary N) is 1. The number of halogens is 3. The van der Waals surface area contributed by atoms with Gasteiger partial charge in [-0.05, 0) is 31.2 Å². The molecule has 0 bridgehead atoms. The molecule has 4 aromatic rings. The van der Waals surface area contributed by atoms with Crippen LogP contribution in [0, 0.1) is 12.4 Å². The lowest BCUT2D eigenvalue weighted by Crippen LogP contribution is -2.12. The molecule has 0 unspecified atom stereocenters. The van der Waals surface area contributed by atoms with Crippen molar-refractivity contribution in [1.82, 2.24) is 24.6 Å². The molecule has 3 N–H and O–H groups in total. The van der Waals surface area contributed by atoms with Gasteiger partial charge in [0.1, 0.15) is 23.8 Å². The molecule has 0 aliphatic rings. The molecule has 0 radical (unpaired) electrons. The third-order valence-corrected chi connectivity index (χ3v) is 4.87. The second-order valence-corrected chi connectivity index (χ2v) is 7.21. The van der Waals surface area contributed by atoms with E-state index in [4.69, 9.17) is 35.5 Å². The van der Waals surface area contributed by atoms with Gasteiger partial charge in [-0.15, -0.1) is 0 Å². The summed E-state index contributed by atoms with van der Waals surface area (Å²) in [5, 5.41) is 8.23. The Labute approximate surface area is 180 Å². The zero-order chi connectivity index (χ0) is 21.4. The standard InChI is InChI=1S/C19H13Cl2FN8/c1-9(28-19-17(24-2)18(23)26-8-27-19)13-6-15-25-7-14(21)30(15)29-16(13)10-3-11(20)5-12(22)4-10/h3-9H,1H3,(H3,23,26,27,28)/t9-/m0/s1. The average molecular weight is 443 g/mol. The fraction of sp³-hybridized carbons (Fsp3) is 0.105. The maximum atomic E-state index is 14.0. The summed E-state index contributed by atoms with van der Waals surface area (Å²) < 4.78 is 15.5. The van der Waals surface area contributed by atoms with E-state index in [0.29, 0.717) is 27.6 Å². The molecule has 0 fully saturated rings. The third kappa shape index (κ3) is 3.58. The van der Waals surface area contributed by atoms with Crippen LogP contribution in [0.5, 0.6) is 0 Å². The van der Waals surface area contributed by atoms with Crippen LogP contribution in [0.15, 0.2) is 36.8 Å². The summed E-state index contributed by atoms with van der Waals surface area (Å²) in [5.41, 5.74) is 7.95. The Morgan fingerprint density at radius 3 is 2.73 bits per heavy atom. The maximum Gasteiger partial charge on any atom is 0.268 e. The van der Waals surface area contributed by atoms with Gasteiger partial charge in [0.05, 0.1) is 24.5 Å². The zero-order valence-corrected chi connectivity index (χ0v) is 16.9. The van der Waals surface area contributed by atoms with E-state index in [-0.39, 0.29) is 22.3 Å². The third-order valence-electron chi connectivity index (χ3n) is 4.40. The fourth-order valence-electron chi connectivity index (χ4n) is 3.04. The van der Waals surface area contributed by atoms with Crippen LogP contribution in [0.3, 0.4) is 0 Å². The van der Waals surface area contributed by atoms with Gasteiger partial charge in [0, 0.05) is 16.1 Å². The Hall–Kier alpha value is -3.48. The lowest BCUT2D eigenvalue weighted by atomic mass is 10.0. The van der Waals surface area contributed by atoms with Gasteiger partial charge in [0.2, 0.25) is 0 Å². The van der Waals surface area contributed by atoms with Crippen LogP contribution < -0.4 is 11.1 Å². The predicted octanol–water partition coefficient (Wildman–Crippen LogP) is 4.94. The van der Waals surface area contributed by atoms with Crippen molar-refractivity contribution in [3.63, 3.8) is 0 Å². The van der Waals surface area contributed by atoms with Crippen molar-refractivity contribution in [3.8, 4) is 11.3 Å². The topological polar surface area (TPSA) is 98.4 Å². The summed E-state index contributed by atoms with van der Waals surface area (Å²) in [5.74, 6) is -0.156. The molecule has 1 aromatic carbocycles. The number of benzene rings is 1. The minimum atomic E-state index is -0.499. The molecule has 3 aromatic heterocycles. The van der Waals surface area contributed by atoms with E-state index >= 15 is 0 Å². The van der Waals surface area contributed by atoms with Crippen molar-refractivity contribution in [2.24, 2.45) is 0 Å². The summed E-state index contributed by atoms with van der Waals surface area (Å²) in [7, 11) is 0. The molecular weight excluding hydrogens is 430 g/mol. The molecule has 0 spiro atoms. The Kier molecular flexibility index (Phi) is 5.11. The van der Waals surface area contributed by atoms with E-state index in [1.165, 1.54) is 29.2 Å². The van der Waals surface area contributed by atoms with E-state index in [1.807, 2.05) is 6.92 Å². The lowest BCUT2D eigenvalue weighted by Gasteiger charge is -2.19. The monoisotopic (exact) mass is 442 g/mol. The Bertz CT molecular complexity index is 1290. The molecule has 3 heterocycles. The highest BCUT2D eigenvalue weighted by molar-refractivity contribution is 6.31. The maximum absolute atomic E-state index is 14.0. The van der Waals surface area contributed by atoms with E-state index in [9.17, 15) is 4.39 Å². The number of fused-ring (bicyclic) bond motifs is 1. The van der Waals surface area contributed by atoms with Crippen molar-refractivity contribution >= 4 is 46.2 Å². The number of imidazole rings is 1. The van der Waals surface area contributed by atoms with Gasteiger partial charge in [-0.25, -0.2) is 28.7 Å². The highest BCUT2D eigenvalue weighted by Crippen LogP contribution is 2.34. The van der Waals surface area contributed by atoms with Crippen LogP contribution in [-0.4, -0.2) is 24.6 Å². The number of hydrogen-bond acceptors (Lipinski definition) is 6. The highest BCUT2D eigenvalue weighted by Gasteiger charge is 2.20. The second kappa shape index (κ2) is 7.74. The van der Waals surface area contributed by atoms with Gasteiger partial charge < -0.3 is 11.1 Å². The van der Waals surface area contributed by atoms with Crippen LogP contribution in [0.1, 0.15) is 18.5 Å². The highest BCUT2D eigenvalue weighted by atomic mass is 35.5. The molecule has 0 aliphatic heterocycles. The van der Waals surface area contributed by atoms with E-state index in [2.05, 4.69) is 30.2 Å². The first-order valence-corrected chi connectivity index (χ1v) is 9.38. The van der Waals surface area contributed by atoms with Crippen LogP contribution >= 0.6 is 23.2 Å². The van der Waals surface area contributed by atoms with Gasteiger partial charge in [0.25, 0.3) is 5.69 Å². The molecular formula is C19H13Cl2FN8. The predicted molar refractivity (Wildman–Crippen MR) is 113 cm³/mol. The second-order valence-electron chi connectivity index (χ2n) is 6.39. The molecule has 1 atom stereocenters. The van der Waals surface area contributed by atoms with E-state index < -0.39 is 11.9 Å². The van der Waals surface area contributed by atoms with Gasteiger partial charge in [0.15, 0.2) is 10.8 Å². The number of nitrogens with zero attached hydrogens (tertiary/aromatic N) is 6. The fourth-order valence-corrected chi connectivity index (χ4v) is 3.43. The Morgan fingerprint density at radius 2 is 2.00 bits per heavy atom. The number of rotatable bonds is 4. The minimum Gasteiger partial charge on any atom is -0.392 e. The van der Waals surface area contributed by atoms with Crippen molar-refractivity contribution in [2.45, 2.75) is 13.0 Å². The summed E-state index contributed by atoms with van der Waals surface area (Å²) in [6.07, 6.45) is 2.73. The van der Waals surface area contributed by atoms with Gasteiger partial charge in [-0.2, -0.15) is 5.10 Å². The first-order valence-electron chi connectivity index (χ1n) is 8.62. The van der Waals surface area contributed by atoms with Crippen LogP contribution in [0.4, 0.5) is 21.7 Å². The number of nitrogens with one attached hydrogen (secondary N) is 1. The molecule has 0 amide bonds. The minimum absolute atomic E-state index is 0.0699. The molecule has 11 heteroatoms. The summed E-state index contributed by atoms with van der Waals surface area (Å²) in [6.45, 7) is 9.18. The number of nitrogen functional groups attached to an aromatic ring is 1. The first-order chi connectivity index (χ1) is 14.4. The molecule has 8 nitrogen and oxygen atoms in total. The molecule has 0 saturated carbocycles. The SMILES string of the molecule is [C-]#[N+]c1c(N)ncnc1N[C@@H](C)c1cc2ncc(Cl)n2nc1-c1cc(F)cc(Cl)c1. The average Bonchev–Trinajstić information content (AvgIpc) is 3.06. The Balaban J connectivity index is 1.87. The lowest BCUT2D eigenvalue weighted by molar-refractivity contribution is 0.628. The van der Waals surface area contributed by atoms with E-state index in [0.717, 1.165) is 0 Å². The molecule has 150 valence electrons. The molecule has 0 saturated heterocycles. The van der Waals surface area contributed by atoms with Crippen LogP contribution in [0.2, 0.25) is 10.2 Å². The van der Waals surface area contributed by atoms with Gasteiger partial charge in [-0.1, -0.05) is 23.2 Å². The number of hydrogen-bond donors (Lipinski definition) is 2.